The zero-order valence-corrected chi connectivity index (χ0v) is 16.9. The van der Waals surface area contributed by atoms with E-state index in [9.17, 15) is 9.90 Å². The van der Waals surface area contributed by atoms with Gasteiger partial charge >= 0.3 is 5.97 Å². The van der Waals surface area contributed by atoms with Gasteiger partial charge in [0.1, 0.15) is 5.75 Å². The Labute approximate surface area is 158 Å². The molecule has 0 amide bonds. The van der Waals surface area contributed by atoms with E-state index in [4.69, 9.17) is 4.74 Å². The Morgan fingerprint density at radius 1 is 1.25 bits per heavy atom. The predicted molar refractivity (Wildman–Crippen MR) is 103 cm³/mol. The molecule has 0 spiro atoms. The smallest absolute Gasteiger partial charge is 0.336 e. The summed E-state index contributed by atoms with van der Waals surface area (Å²) in [6.07, 6.45) is 0.0861. The molecule has 0 saturated heterocycles. The number of hydrogen-bond donors (Lipinski definition) is 2. The number of hydrogen-bond acceptors (Lipinski definition) is 3. The molecule has 0 unspecified atom stereocenters. The van der Waals surface area contributed by atoms with Gasteiger partial charge < -0.3 is 15.2 Å². The lowest BCUT2D eigenvalue weighted by atomic mass is 10.1. The average Bonchev–Trinajstić information content (AvgIpc) is 2.49. The Balaban J connectivity index is 2.19. The van der Waals surface area contributed by atoms with Crippen LogP contribution in [0.25, 0.3) is 0 Å². The second-order valence-corrected chi connectivity index (χ2v) is 7.40. The predicted octanol–water partition coefficient (Wildman–Crippen LogP) is 5.62. The number of rotatable bonds is 6. The molecule has 0 aliphatic heterocycles. The summed E-state index contributed by atoms with van der Waals surface area (Å²) in [5.74, 6) is -0.144. The Morgan fingerprint density at radius 3 is 2.42 bits per heavy atom. The molecule has 2 N–H and O–H groups in total. The number of benzene rings is 2. The molecule has 0 heterocycles. The number of halogens is 2. The molecule has 0 radical (unpaired) electrons. The maximum Gasteiger partial charge on any atom is 0.336 e. The highest BCUT2D eigenvalue weighted by Gasteiger charge is 2.12. The van der Waals surface area contributed by atoms with Crippen molar-refractivity contribution in [2.75, 3.05) is 5.32 Å². The Morgan fingerprint density at radius 2 is 1.88 bits per heavy atom. The zero-order valence-electron chi connectivity index (χ0n) is 13.7. The van der Waals surface area contributed by atoms with Crippen LogP contribution in [-0.2, 0) is 6.54 Å². The number of carbonyl (C=O) groups is 1. The Bertz CT molecular complexity index is 737. The highest BCUT2D eigenvalue weighted by atomic mass is 79.9. The molecule has 0 fully saturated rings. The molecule has 2 rings (SSSR count). The Kier molecular flexibility index (Phi) is 6.29. The fourth-order valence-electron chi connectivity index (χ4n) is 2.32. The number of aromatic carboxylic acids is 1. The lowest BCUT2D eigenvalue weighted by Crippen LogP contribution is -2.08. The lowest BCUT2D eigenvalue weighted by Gasteiger charge is -2.16. The number of ether oxygens (including phenoxy) is 1. The van der Waals surface area contributed by atoms with Crippen LogP contribution in [0.15, 0.2) is 39.3 Å². The van der Waals surface area contributed by atoms with E-state index in [2.05, 4.69) is 37.2 Å². The van der Waals surface area contributed by atoms with Gasteiger partial charge in [-0.15, -0.1) is 0 Å². The second kappa shape index (κ2) is 8.03. The monoisotopic (exact) mass is 455 g/mol. The van der Waals surface area contributed by atoms with Crippen molar-refractivity contribution in [2.24, 2.45) is 0 Å². The van der Waals surface area contributed by atoms with Gasteiger partial charge in [-0.05, 0) is 88.0 Å². The third-order valence-electron chi connectivity index (χ3n) is 3.46. The van der Waals surface area contributed by atoms with Crippen molar-refractivity contribution in [1.82, 2.24) is 0 Å². The van der Waals surface area contributed by atoms with E-state index in [1.165, 1.54) is 0 Å². The van der Waals surface area contributed by atoms with E-state index in [1.54, 1.807) is 19.1 Å². The summed E-state index contributed by atoms with van der Waals surface area (Å²) in [4.78, 5) is 11.2. The van der Waals surface area contributed by atoms with Crippen LogP contribution in [-0.4, -0.2) is 17.2 Å². The number of nitrogens with one attached hydrogen (secondary N) is 1. The molecule has 6 heteroatoms. The molecule has 2 aromatic rings. The van der Waals surface area contributed by atoms with Crippen LogP contribution in [0.4, 0.5) is 5.69 Å². The minimum Gasteiger partial charge on any atom is -0.489 e. The van der Waals surface area contributed by atoms with Gasteiger partial charge in [0.05, 0.1) is 20.6 Å². The number of carboxylic acid groups (broad SMARTS) is 1. The molecule has 0 saturated carbocycles. The number of carboxylic acids is 1. The van der Waals surface area contributed by atoms with Crippen LogP contribution in [0.5, 0.6) is 5.75 Å². The van der Waals surface area contributed by atoms with Crippen LogP contribution in [0.1, 0.15) is 35.3 Å². The largest absolute Gasteiger partial charge is 0.489 e. The van der Waals surface area contributed by atoms with E-state index in [0.29, 0.717) is 12.1 Å². The molecule has 0 aromatic heterocycles. The van der Waals surface area contributed by atoms with E-state index in [-0.39, 0.29) is 6.10 Å². The normalized spacial score (nSPS) is 10.8. The van der Waals surface area contributed by atoms with Gasteiger partial charge in [-0.1, -0.05) is 6.07 Å². The molecule has 2 aromatic carbocycles. The lowest BCUT2D eigenvalue weighted by molar-refractivity contribution is 0.0696. The van der Waals surface area contributed by atoms with Gasteiger partial charge in [-0.2, -0.15) is 0 Å². The van der Waals surface area contributed by atoms with Crippen LogP contribution in [0.3, 0.4) is 0 Å². The summed E-state index contributed by atoms with van der Waals surface area (Å²) >= 11 is 7.07. The summed E-state index contributed by atoms with van der Waals surface area (Å²) in [6.45, 7) is 6.33. The van der Waals surface area contributed by atoms with E-state index in [0.717, 1.165) is 31.5 Å². The molecular formula is C18H19Br2NO3. The standard InChI is InChI=1S/C18H19Br2NO3/c1-10(2)24-17-14(19)7-12(8-15(17)20)9-21-16-6-4-5-13(11(16)3)18(22)23/h4-8,10,21H,9H2,1-3H3,(H,22,23). The average molecular weight is 457 g/mol. The minimum atomic E-state index is -0.920. The topological polar surface area (TPSA) is 58.6 Å². The van der Waals surface area contributed by atoms with Crippen LogP contribution in [0, 0.1) is 6.92 Å². The van der Waals surface area contributed by atoms with Crippen molar-refractivity contribution in [2.45, 2.75) is 33.4 Å². The second-order valence-electron chi connectivity index (χ2n) is 5.69. The van der Waals surface area contributed by atoms with Gasteiger partial charge in [-0.3, -0.25) is 0 Å². The third-order valence-corrected chi connectivity index (χ3v) is 4.64. The van der Waals surface area contributed by atoms with Crippen LogP contribution >= 0.6 is 31.9 Å². The van der Waals surface area contributed by atoms with Crippen LogP contribution < -0.4 is 10.1 Å². The first-order valence-electron chi connectivity index (χ1n) is 7.51. The summed E-state index contributed by atoms with van der Waals surface area (Å²) < 4.78 is 7.52. The fourth-order valence-corrected chi connectivity index (χ4v) is 3.79. The maximum absolute atomic E-state index is 11.2. The fraction of sp³-hybridized carbons (Fsp3) is 0.278. The van der Waals surface area contributed by atoms with Gasteiger partial charge in [0, 0.05) is 12.2 Å². The van der Waals surface area contributed by atoms with E-state index >= 15 is 0 Å². The molecule has 0 aliphatic rings. The Hall–Kier alpha value is -1.53. The van der Waals surface area contributed by atoms with Gasteiger partial charge in [0.2, 0.25) is 0 Å². The summed E-state index contributed by atoms with van der Waals surface area (Å²) in [7, 11) is 0. The summed E-state index contributed by atoms with van der Waals surface area (Å²) in [6, 6.07) is 9.21. The third kappa shape index (κ3) is 4.51. The van der Waals surface area contributed by atoms with Gasteiger partial charge in [-0.25, -0.2) is 4.79 Å². The van der Waals surface area contributed by atoms with Crippen molar-refractivity contribution in [3.63, 3.8) is 0 Å². The van der Waals surface area contributed by atoms with Crippen molar-refractivity contribution in [1.29, 1.82) is 0 Å². The molecule has 0 atom stereocenters. The summed E-state index contributed by atoms with van der Waals surface area (Å²) in [5, 5.41) is 12.5. The van der Waals surface area contributed by atoms with Crippen molar-refractivity contribution in [3.8, 4) is 5.75 Å². The SMILES string of the molecule is Cc1c(NCc2cc(Br)c(OC(C)C)c(Br)c2)cccc1C(=O)O. The molecule has 0 bridgehead atoms. The quantitative estimate of drug-likeness (QED) is 0.592. The molecule has 128 valence electrons. The first kappa shape index (κ1) is 18.8. The van der Waals surface area contributed by atoms with Crippen molar-refractivity contribution < 1.29 is 14.6 Å². The zero-order chi connectivity index (χ0) is 17.9. The van der Waals surface area contributed by atoms with Crippen molar-refractivity contribution in [3.05, 3.63) is 56.0 Å². The maximum atomic E-state index is 11.2. The van der Waals surface area contributed by atoms with Crippen molar-refractivity contribution >= 4 is 43.5 Å². The molecule has 24 heavy (non-hydrogen) atoms. The van der Waals surface area contributed by atoms with E-state index in [1.807, 2.05) is 32.0 Å². The summed E-state index contributed by atoms with van der Waals surface area (Å²) in [5.41, 5.74) is 2.89. The highest BCUT2D eigenvalue weighted by molar-refractivity contribution is 9.11. The first-order chi connectivity index (χ1) is 11.3. The van der Waals surface area contributed by atoms with Gasteiger partial charge in [0.25, 0.3) is 0 Å². The molecule has 4 nitrogen and oxygen atoms in total. The highest BCUT2D eigenvalue weighted by Crippen LogP contribution is 2.35. The molecular weight excluding hydrogens is 438 g/mol. The van der Waals surface area contributed by atoms with Gasteiger partial charge in [0.15, 0.2) is 0 Å². The van der Waals surface area contributed by atoms with Crippen LogP contribution in [0.2, 0.25) is 0 Å². The first-order valence-corrected chi connectivity index (χ1v) is 9.09. The molecule has 0 aliphatic carbocycles. The minimum absolute atomic E-state index is 0.0861. The van der Waals surface area contributed by atoms with E-state index < -0.39 is 5.97 Å². The number of anilines is 1.